The van der Waals surface area contributed by atoms with Crippen molar-refractivity contribution in [1.82, 2.24) is 0 Å². The number of fused-ring (bicyclic) bond motifs is 1. The van der Waals surface area contributed by atoms with E-state index < -0.39 is 16.7 Å². The summed E-state index contributed by atoms with van der Waals surface area (Å²) in [7, 11) is 0. The molecule has 2 amide bonds. The second-order valence-electron chi connectivity index (χ2n) is 4.86. The summed E-state index contributed by atoms with van der Waals surface area (Å²) in [5.74, 6) is -0.439. The van der Waals surface area contributed by atoms with Crippen LogP contribution in [-0.2, 0) is 0 Å². The molecule has 0 N–H and O–H groups in total. The fourth-order valence-corrected chi connectivity index (χ4v) is 2.43. The molecule has 0 spiro atoms. The molecule has 0 aromatic heterocycles. The van der Waals surface area contributed by atoms with Gasteiger partial charge in [-0.05, 0) is 37.3 Å². The van der Waals surface area contributed by atoms with Gasteiger partial charge in [0, 0.05) is 12.1 Å². The molecule has 0 atom stereocenters. The van der Waals surface area contributed by atoms with Crippen molar-refractivity contribution in [3.63, 3.8) is 0 Å². The fourth-order valence-electron chi connectivity index (χ4n) is 2.43. The van der Waals surface area contributed by atoms with Gasteiger partial charge in [-0.1, -0.05) is 0 Å². The number of anilines is 1. The number of amides is 2. The third-order valence-corrected chi connectivity index (χ3v) is 3.49. The largest absolute Gasteiger partial charge is 0.494 e. The molecule has 1 heterocycles. The average Bonchev–Trinajstić information content (AvgIpc) is 2.80. The number of carbonyl (C=O) groups is 2. The number of benzene rings is 2. The van der Waals surface area contributed by atoms with Crippen molar-refractivity contribution >= 4 is 23.2 Å². The predicted molar refractivity (Wildman–Crippen MR) is 81.8 cm³/mol. The lowest BCUT2D eigenvalue weighted by molar-refractivity contribution is -0.384. The molecule has 0 saturated heterocycles. The SMILES string of the molecule is CCOc1ccc(N2C(=O)c3ccc([N+](=O)[O-])cc3C2=O)cc1. The highest BCUT2D eigenvalue weighted by molar-refractivity contribution is 6.34. The van der Waals surface area contributed by atoms with Crippen molar-refractivity contribution in [2.45, 2.75) is 6.92 Å². The Morgan fingerprint density at radius 3 is 2.30 bits per heavy atom. The zero-order chi connectivity index (χ0) is 16.6. The van der Waals surface area contributed by atoms with E-state index in [0.717, 1.165) is 11.0 Å². The Hall–Kier alpha value is -3.22. The van der Waals surface area contributed by atoms with Crippen molar-refractivity contribution < 1.29 is 19.2 Å². The summed E-state index contributed by atoms with van der Waals surface area (Å²) in [6.07, 6.45) is 0. The maximum Gasteiger partial charge on any atom is 0.270 e. The Bertz CT molecular complexity index is 814. The number of non-ortho nitro benzene ring substituents is 1. The van der Waals surface area contributed by atoms with Gasteiger partial charge in [0.25, 0.3) is 17.5 Å². The second kappa shape index (κ2) is 5.53. The summed E-state index contributed by atoms with van der Waals surface area (Å²) in [6, 6.07) is 10.2. The first-order valence-electron chi connectivity index (χ1n) is 6.93. The van der Waals surface area contributed by atoms with E-state index in [1.54, 1.807) is 24.3 Å². The van der Waals surface area contributed by atoms with Crippen molar-refractivity contribution in [3.05, 3.63) is 63.7 Å². The monoisotopic (exact) mass is 312 g/mol. The molecule has 7 nitrogen and oxygen atoms in total. The van der Waals surface area contributed by atoms with Crippen LogP contribution in [-0.4, -0.2) is 23.3 Å². The first-order valence-corrected chi connectivity index (χ1v) is 6.93. The summed E-state index contributed by atoms with van der Waals surface area (Å²) in [5.41, 5.74) is 0.369. The number of hydrogen-bond donors (Lipinski definition) is 0. The van der Waals surface area contributed by atoms with E-state index >= 15 is 0 Å². The number of nitro groups is 1. The van der Waals surface area contributed by atoms with Crippen LogP contribution in [0.1, 0.15) is 27.6 Å². The van der Waals surface area contributed by atoms with E-state index in [1.807, 2.05) is 6.92 Å². The molecule has 23 heavy (non-hydrogen) atoms. The smallest absolute Gasteiger partial charge is 0.270 e. The molecular formula is C16H12N2O5. The van der Waals surface area contributed by atoms with E-state index in [9.17, 15) is 19.7 Å². The average molecular weight is 312 g/mol. The molecule has 3 rings (SSSR count). The van der Waals surface area contributed by atoms with Crippen LogP contribution in [0.25, 0.3) is 0 Å². The van der Waals surface area contributed by atoms with Gasteiger partial charge in [0.05, 0.1) is 28.3 Å². The Morgan fingerprint density at radius 2 is 1.70 bits per heavy atom. The molecule has 0 unspecified atom stereocenters. The van der Waals surface area contributed by atoms with E-state index in [1.165, 1.54) is 12.1 Å². The van der Waals surface area contributed by atoms with E-state index in [4.69, 9.17) is 4.74 Å². The molecular weight excluding hydrogens is 300 g/mol. The lowest BCUT2D eigenvalue weighted by atomic mass is 10.1. The number of carbonyl (C=O) groups excluding carboxylic acids is 2. The maximum absolute atomic E-state index is 12.4. The predicted octanol–water partition coefficient (Wildman–Crippen LogP) is 2.79. The summed E-state index contributed by atoms with van der Waals surface area (Å²) in [5, 5.41) is 10.8. The third kappa shape index (κ3) is 2.42. The molecule has 1 aliphatic rings. The van der Waals surface area contributed by atoms with Gasteiger partial charge in [0.2, 0.25) is 0 Å². The van der Waals surface area contributed by atoms with E-state index in [2.05, 4.69) is 0 Å². The van der Waals surface area contributed by atoms with Crippen LogP contribution < -0.4 is 9.64 Å². The Balaban J connectivity index is 1.98. The van der Waals surface area contributed by atoms with E-state index in [-0.39, 0.29) is 16.8 Å². The van der Waals surface area contributed by atoms with Crippen molar-refractivity contribution in [2.75, 3.05) is 11.5 Å². The summed E-state index contributed by atoms with van der Waals surface area (Å²) < 4.78 is 5.32. The second-order valence-corrected chi connectivity index (χ2v) is 4.86. The topological polar surface area (TPSA) is 89.8 Å². The lowest BCUT2D eigenvalue weighted by Crippen LogP contribution is -2.29. The van der Waals surface area contributed by atoms with Crippen LogP contribution in [0.3, 0.4) is 0 Å². The van der Waals surface area contributed by atoms with Crippen molar-refractivity contribution in [1.29, 1.82) is 0 Å². The highest BCUT2D eigenvalue weighted by Crippen LogP contribution is 2.31. The molecule has 2 aromatic carbocycles. The molecule has 0 saturated carbocycles. The van der Waals surface area contributed by atoms with Gasteiger partial charge in [-0.2, -0.15) is 0 Å². The zero-order valence-electron chi connectivity index (χ0n) is 12.2. The third-order valence-electron chi connectivity index (χ3n) is 3.49. The molecule has 2 aromatic rings. The molecule has 1 aliphatic heterocycles. The highest BCUT2D eigenvalue weighted by Gasteiger charge is 2.37. The normalized spacial score (nSPS) is 13.2. The van der Waals surface area contributed by atoms with Crippen LogP contribution in [0.15, 0.2) is 42.5 Å². The van der Waals surface area contributed by atoms with Crippen LogP contribution in [0.2, 0.25) is 0 Å². The Morgan fingerprint density at radius 1 is 1.04 bits per heavy atom. The van der Waals surface area contributed by atoms with Gasteiger partial charge in [-0.25, -0.2) is 4.90 Å². The van der Waals surface area contributed by atoms with Gasteiger partial charge >= 0.3 is 0 Å². The quantitative estimate of drug-likeness (QED) is 0.492. The van der Waals surface area contributed by atoms with Gasteiger partial charge in [-0.15, -0.1) is 0 Å². The maximum atomic E-state index is 12.4. The molecule has 0 aliphatic carbocycles. The molecule has 0 bridgehead atoms. The van der Waals surface area contributed by atoms with Crippen LogP contribution in [0.5, 0.6) is 5.75 Å². The van der Waals surface area contributed by atoms with Crippen LogP contribution >= 0.6 is 0 Å². The minimum atomic E-state index is -0.600. The van der Waals surface area contributed by atoms with E-state index in [0.29, 0.717) is 18.0 Å². The van der Waals surface area contributed by atoms with Crippen LogP contribution in [0.4, 0.5) is 11.4 Å². The number of nitro benzene ring substituents is 1. The summed E-state index contributed by atoms with van der Waals surface area (Å²) in [6.45, 7) is 2.36. The van der Waals surface area contributed by atoms with Gasteiger partial charge in [0.1, 0.15) is 5.75 Å². The number of ether oxygens (including phenoxy) is 1. The molecule has 7 heteroatoms. The lowest BCUT2D eigenvalue weighted by Gasteiger charge is -2.14. The minimum absolute atomic E-state index is 0.0399. The van der Waals surface area contributed by atoms with Crippen molar-refractivity contribution in [2.24, 2.45) is 0 Å². The number of nitrogens with zero attached hydrogens (tertiary/aromatic N) is 2. The first-order chi connectivity index (χ1) is 11.0. The highest BCUT2D eigenvalue weighted by atomic mass is 16.6. The molecule has 0 fully saturated rings. The zero-order valence-corrected chi connectivity index (χ0v) is 12.2. The first kappa shape index (κ1) is 14.7. The van der Waals surface area contributed by atoms with Crippen molar-refractivity contribution in [3.8, 4) is 5.75 Å². The molecule has 0 radical (unpaired) electrons. The molecule has 116 valence electrons. The Labute approximate surface area is 131 Å². The van der Waals surface area contributed by atoms with Gasteiger partial charge in [0.15, 0.2) is 0 Å². The summed E-state index contributed by atoms with van der Waals surface area (Å²) in [4.78, 5) is 36.1. The van der Waals surface area contributed by atoms with Gasteiger partial charge < -0.3 is 4.74 Å². The number of rotatable bonds is 4. The van der Waals surface area contributed by atoms with Crippen LogP contribution in [0, 0.1) is 10.1 Å². The number of hydrogen-bond acceptors (Lipinski definition) is 5. The fraction of sp³-hybridized carbons (Fsp3) is 0.125. The van der Waals surface area contributed by atoms with Gasteiger partial charge in [-0.3, -0.25) is 19.7 Å². The minimum Gasteiger partial charge on any atom is -0.494 e. The number of imide groups is 1. The Kier molecular flexibility index (Phi) is 3.53. The standard InChI is InChI=1S/C16H12N2O5/c1-2-23-12-6-3-10(4-7-12)17-15(19)13-8-5-11(18(21)22)9-14(13)16(17)20/h3-9H,2H2,1H3. The summed E-state index contributed by atoms with van der Waals surface area (Å²) >= 11 is 0.